The molecule has 0 amide bonds. The SMILES string of the molecule is C[C@H](O)CC1(O)OC[C@@H](O)[C@H](O)[C@H]1O. The molecule has 0 aromatic carbocycles. The van der Waals surface area contributed by atoms with Crippen LogP contribution in [0.5, 0.6) is 0 Å². The first-order valence-corrected chi connectivity index (χ1v) is 4.45. The number of ether oxygens (including phenoxy) is 1. The van der Waals surface area contributed by atoms with Crippen LogP contribution >= 0.6 is 0 Å². The Kier molecular flexibility index (Phi) is 3.46. The van der Waals surface area contributed by atoms with Crippen molar-refractivity contribution in [3.05, 3.63) is 0 Å². The lowest BCUT2D eigenvalue weighted by Crippen LogP contribution is -2.61. The molecular formula is C8H16O6. The van der Waals surface area contributed by atoms with E-state index in [1.807, 2.05) is 0 Å². The van der Waals surface area contributed by atoms with Crippen molar-refractivity contribution in [3.63, 3.8) is 0 Å². The molecule has 6 nitrogen and oxygen atoms in total. The van der Waals surface area contributed by atoms with E-state index in [9.17, 15) is 15.3 Å². The second kappa shape index (κ2) is 4.09. The number of hydrogen-bond acceptors (Lipinski definition) is 6. The van der Waals surface area contributed by atoms with Crippen LogP contribution in [-0.2, 0) is 4.74 Å². The lowest BCUT2D eigenvalue weighted by atomic mass is 9.93. The number of rotatable bonds is 2. The molecule has 1 aliphatic rings. The molecule has 14 heavy (non-hydrogen) atoms. The topological polar surface area (TPSA) is 110 Å². The van der Waals surface area contributed by atoms with Gasteiger partial charge in [-0.25, -0.2) is 0 Å². The minimum absolute atomic E-state index is 0.224. The van der Waals surface area contributed by atoms with Crippen LogP contribution in [-0.4, -0.2) is 62.3 Å². The molecule has 1 aliphatic heterocycles. The largest absolute Gasteiger partial charge is 0.393 e. The van der Waals surface area contributed by atoms with Gasteiger partial charge < -0.3 is 30.3 Å². The third-order valence-electron chi connectivity index (χ3n) is 2.27. The van der Waals surface area contributed by atoms with Crippen molar-refractivity contribution in [1.82, 2.24) is 0 Å². The summed E-state index contributed by atoms with van der Waals surface area (Å²) in [5, 5.41) is 46.5. The molecule has 6 heteroatoms. The van der Waals surface area contributed by atoms with Crippen molar-refractivity contribution in [2.24, 2.45) is 0 Å². The lowest BCUT2D eigenvalue weighted by molar-refractivity contribution is -0.328. The summed E-state index contributed by atoms with van der Waals surface area (Å²) in [5.41, 5.74) is 0. The molecule has 1 fully saturated rings. The summed E-state index contributed by atoms with van der Waals surface area (Å²) in [6, 6.07) is 0. The second-order valence-electron chi connectivity index (χ2n) is 3.71. The molecule has 0 aromatic heterocycles. The highest BCUT2D eigenvalue weighted by Crippen LogP contribution is 2.27. The lowest BCUT2D eigenvalue weighted by Gasteiger charge is -2.42. The summed E-state index contributed by atoms with van der Waals surface area (Å²) in [5.74, 6) is -1.99. The van der Waals surface area contributed by atoms with E-state index in [-0.39, 0.29) is 13.0 Å². The van der Waals surface area contributed by atoms with Gasteiger partial charge in [-0.1, -0.05) is 0 Å². The van der Waals surface area contributed by atoms with E-state index in [1.165, 1.54) is 6.92 Å². The number of hydrogen-bond donors (Lipinski definition) is 5. The Bertz CT molecular complexity index is 196. The van der Waals surface area contributed by atoms with Crippen LogP contribution in [0.15, 0.2) is 0 Å². The van der Waals surface area contributed by atoms with Gasteiger partial charge in [-0.3, -0.25) is 0 Å². The van der Waals surface area contributed by atoms with Crippen molar-refractivity contribution in [3.8, 4) is 0 Å². The summed E-state index contributed by atoms with van der Waals surface area (Å²) in [4.78, 5) is 0. The molecular weight excluding hydrogens is 192 g/mol. The summed E-state index contributed by atoms with van der Waals surface area (Å²) in [6.45, 7) is 1.15. The maximum atomic E-state index is 9.70. The van der Waals surface area contributed by atoms with Crippen LogP contribution in [0.1, 0.15) is 13.3 Å². The van der Waals surface area contributed by atoms with Gasteiger partial charge in [-0.15, -0.1) is 0 Å². The maximum Gasteiger partial charge on any atom is 0.197 e. The molecule has 0 spiro atoms. The first-order chi connectivity index (χ1) is 6.37. The van der Waals surface area contributed by atoms with Gasteiger partial charge in [0, 0.05) is 6.42 Å². The van der Waals surface area contributed by atoms with Gasteiger partial charge in [-0.2, -0.15) is 0 Å². The first kappa shape index (κ1) is 11.8. The van der Waals surface area contributed by atoms with E-state index in [0.717, 1.165) is 0 Å². The van der Waals surface area contributed by atoms with E-state index in [2.05, 4.69) is 0 Å². The molecule has 84 valence electrons. The average molecular weight is 208 g/mol. The molecule has 0 radical (unpaired) electrons. The minimum Gasteiger partial charge on any atom is -0.393 e. The third-order valence-corrected chi connectivity index (χ3v) is 2.27. The molecule has 1 rings (SSSR count). The molecule has 0 bridgehead atoms. The zero-order valence-corrected chi connectivity index (χ0v) is 7.87. The van der Waals surface area contributed by atoms with Crippen LogP contribution in [0.3, 0.4) is 0 Å². The normalized spacial score (nSPS) is 46.3. The van der Waals surface area contributed by atoms with Crippen molar-refractivity contribution in [2.75, 3.05) is 6.61 Å². The Morgan fingerprint density at radius 3 is 2.50 bits per heavy atom. The summed E-state index contributed by atoms with van der Waals surface area (Å²) in [6.07, 6.45) is -5.41. The summed E-state index contributed by atoms with van der Waals surface area (Å²) < 4.78 is 4.81. The van der Waals surface area contributed by atoms with E-state index in [4.69, 9.17) is 14.9 Å². The molecule has 1 saturated heterocycles. The Hall–Kier alpha value is -0.240. The van der Waals surface area contributed by atoms with E-state index in [1.54, 1.807) is 0 Å². The molecule has 0 aliphatic carbocycles. The highest BCUT2D eigenvalue weighted by molar-refractivity contribution is 4.92. The fourth-order valence-corrected chi connectivity index (χ4v) is 1.49. The molecule has 5 N–H and O–H groups in total. The molecule has 1 heterocycles. The second-order valence-corrected chi connectivity index (χ2v) is 3.71. The van der Waals surface area contributed by atoms with Crippen molar-refractivity contribution in [2.45, 2.75) is 43.5 Å². The monoisotopic (exact) mass is 208 g/mol. The Balaban J connectivity index is 2.69. The van der Waals surface area contributed by atoms with Crippen LogP contribution in [0.2, 0.25) is 0 Å². The van der Waals surface area contributed by atoms with Gasteiger partial charge in [0.05, 0.1) is 12.7 Å². The Labute approximate surface area is 81.4 Å². The minimum atomic E-state index is -1.99. The molecule has 0 aromatic rings. The van der Waals surface area contributed by atoms with Crippen LogP contribution in [0, 0.1) is 0 Å². The molecule has 1 unspecified atom stereocenters. The van der Waals surface area contributed by atoms with Gasteiger partial charge in [0.15, 0.2) is 5.79 Å². The van der Waals surface area contributed by atoms with Gasteiger partial charge in [-0.05, 0) is 6.92 Å². The van der Waals surface area contributed by atoms with E-state index in [0.29, 0.717) is 0 Å². The van der Waals surface area contributed by atoms with Crippen LogP contribution in [0.25, 0.3) is 0 Å². The van der Waals surface area contributed by atoms with Crippen molar-refractivity contribution < 1.29 is 30.3 Å². The summed E-state index contributed by atoms with van der Waals surface area (Å²) >= 11 is 0. The molecule has 5 atom stereocenters. The van der Waals surface area contributed by atoms with Crippen LogP contribution in [0.4, 0.5) is 0 Å². The van der Waals surface area contributed by atoms with Crippen molar-refractivity contribution >= 4 is 0 Å². The van der Waals surface area contributed by atoms with Gasteiger partial charge in [0.25, 0.3) is 0 Å². The molecule has 0 saturated carbocycles. The van der Waals surface area contributed by atoms with Crippen LogP contribution < -0.4 is 0 Å². The fourth-order valence-electron chi connectivity index (χ4n) is 1.49. The summed E-state index contributed by atoms with van der Waals surface area (Å²) in [7, 11) is 0. The zero-order valence-electron chi connectivity index (χ0n) is 7.87. The smallest absolute Gasteiger partial charge is 0.197 e. The van der Waals surface area contributed by atoms with Gasteiger partial charge in [0.1, 0.15) is 18.3 Å². The highest BCUT2D eigenvalue weighted by atomic mass is 16.6. The highest BCUT2D eigenvalue weighted by Gasteiger charge is 2.48. The predicted molar refractivity (Wildman–Crippen MR) is 45.2 cm³/mol. The maximum absolute atomic E-state index is 9.70. The Morgan fingerprint density at radius 2 is 2.00 bits per heavy atom. The van der Waals surface area contributed by atoms with Gasteiger partial charge >= 0.3 is 0 Å². The van der Waals surface area contributed by atoms with E-state index < -0.39 is 30.2 Å². The van der Waals surface area contributed by atoms with Gasteiger partial charge in [0.2, 0.25) is 0 Å². The third kappa shape index (κ3) is 2.22. The predicted octanol–water partition coefficient (Wildman–Crippen LogP) is -2.44. The standard InChI is InChI=1S/C8H16O6/c1-4(9)2-8(13)7(12)6(11)5(10)3-14-8/h4-7,9-13H,2-3H2,1H3/t4-,5+,6-,7+,8?/m0/s1. The number of aliphatic hydroxyl groups is 5. The van der Waals surface area contributed by atoms with Crippen molar-refractivity contribution in [1.29, 1.82) is 0 Å². The fraction of sp³-hybridized carbons (Fsp3) is 1.00. The average Bonchev–Trinajstić information content (AvgIpc) is 2.08. The van der Waals surface area contributed by atoms with E-state index >= 15 is 0 Å². The zero-order chi connectivity index (χ0) is 10.9. The Morgan fingerprint density at radius 1 is 1.43 bits per heavy atom. The quantitative estimate of drug-likeness (QED) is 0.345. The first-order valence-electron chi connectivity index (χ1n) is 4.45. The number of aliphatic hydroxyl groups excluding tert-OH is 4.